The Bertz CT molecular complexity index is 537. The molecule has 162 valence electrons. The van der Waals surface area contributed by atoms with Gasteiger partial charge in [-0.05, 0) is 25.7 Å². The Morgan fingerprint density at radius 1 is 1.11 bits per heavy atom. The number of hydrogen-bond acceptors (Lipinski definition) is 7. The predicted octanol–water partition coefficient (Wildman–Crippen LogP) is 2.33. The van der Waals surface area contributed by atoms with E-state index >= 15 is 0 Å². The molecule has 2 rings (SSSR count). The number of ether oxygens (including phenoxy) is 4. The molecule has 2 aliphatic rings. The molecule has 0 saturated carbocycles. The SMILES string of the molecule is CO[C@H]1CC(=O)O[C@@H](C[C@H](OC)[C@@H](C)CC[C@H]2OC(=O)[C@@H](C)[C@@H](O)[C@H]2C)[C@@H]1C. The molecule has 0 bridgehead atoms. The number of carbonyl (C=O) groups is 2. The first-order valence-electron chi connectivity index (χ1n) is 10.3. The second-order valence-corrected chi connectivity index (χ2v) is 8.54. The molecular formula is C21H36O7. The van der Waals surface area contributed by atoms with Crippen LogP contribution in [0, 0.1) is 23.7 Å². The third-order valence-electron chi connectivity index (χ3n) is 6.71. The maximum Gasteiger partial charge on any atom is 0.311 e. The normalized spacial score (nSPS) is 38.5. The molecule has 0 aromatic rings. The fourth-order valence-electron chi connectivity index (χ4n) is 4.38. The zero-order valence-electron chi connectivity index (χ0n) is 17.9. The fraction of sp³-hybridized carbons (Fsp3) is 0.905. The van der Waals surface area contributed by atoms with Crippen LogP contribution in [0.1, 0.15) is 53.4 Å². The van der Waals surface area contributed by atoms with Crippen molar-refractivity contribution in [1.29, 1.82) is 0 Å². The third-order valence-corrected chi connectivity index (χ3v) is 6.71. The Labute approximate surface area is 168 Å². The van der Waals surface area contributed by atoms with Gasteiger partial charge < -0.3 is 24.1 Å². The fourth-order valence-corrected chi connectivity index (χ4v) is 4.38. The van der Waals surface area contributed by atoms with Gasteiger partial charge in [-0.25, -0.2) is 0 Å². The van der Waals surface area contributed by atoms with Gasteiger partial charge in [0, 0.05) is 32.5 Å². The van der Waals surface area contributed by atoms with E-state index in [1.807, 2.05) is 13.8 Å². The molecule has 0 amide bonds. The molecule has 7 nitrogen and oxygen atoms in total. The zero-order valence-corrected chi connectivity index (χ0v) is 17.9. The highest BCUT2D eigenvalue weighted by atomic mass is 16.6. The average molecular weight is 401 g/mol. The summed E-state index contributed by atoms with van der Waals surface area (Å²) in [4.78, 5) is 23.8. The zero-order chi connectivity index (χ0) is 21.0. The summed E-state index contributed by atoms with van der Waals surface area (Å²) < 4.78 is 22.2. The molecule has 0 aliphatic carbocycles. The van der Waals surface area contributed by atoms with Crippen molar-refractivity contribution in [3.63, 3.8) is 0 Å². The van der Waals surface area contributed by atoms with Gasteiger partial charge in [0.15, 0.2) is 0 Å². The van der Waals surface area contributed by atoms with Crippen molar-refractivity contribution >= 4 is 11.9 Å². The van der Waals surface area contributed by atoms with Crippen LogP contribution in [0.25, 0.3) is 0 Å². The maximum atomic E-state index is 11.9. The Morgan fingerprint density at radius 2 is 1.79 bits per heavy atom. The van der Waals surface area contributed by atoms with Gasteiger partial charge in [-0.15, -0.1) is 0 Å². The lowest BCUT2D eigenvalue weighted by atomic mass is 9.82. The van der Waals surface area contributed by atoms with Crippen LogP contribution in [0.4, 0.5) is 0 Å². The van der Waals surface area contributed by atoms with E-state index in [2.05, 4.69) is 6.92 Å². The summed E-state index contributed by atoms with van der Waals surface area (Å²) in [7, 11) is 3.29. The van der Waals surface area contributed by atoms with Gasteiger partial charge in [-0.2, -0.15) is 0 Å². The summed E-state index contributed by atoms with van der Waals surface area (Å²) in [6, 6.07) is 0. The molecule has 0 aromatic carbocycles. The third kappa shape index (κ3) is 5.24. The van der Waals surface area contributed by atoms with Gasteiger partial charge in [0.1, 0.15) is 12.2 Å². The van der Waals surface area contributed by atoms with Gasteiger partial charge in [0.25, 0.3) is 0 Å². The second-order valence-electron chi connectivity index (χ2n) is 8.54. The largest absolute Gasteiger partial charge is 0.462 e. The van der Waals surface area contributed by atoms with E-state index in [1.54, 1.807) is 21.1 Å². The van der Waals surface area contributed by atoms with Gasteiger partial charge >= 0.3 is 11.9 Å². The number of cyclic esters (lactones) is 2. The summed E-state index contributed by atoms with van der Waals surface area (Å²) >= 11 is 0. The van der Waals surface area contributed by atoms with E-state index in [4.69, 9.17) is 18.9 Å². The number of esters is 2. The molecule has 28 heavy (non-hydrogen) atoms. The van der Waals surface area contributed by atoms with Crippen LogP contribution < -0.4 is 0 Å². The van der Waals surface area contributed by atoms with Gasteiger partial charge in [0.05, 0.1) is 30.7 Å². The van der Waals surface area contributed by atoms with Crippen molar-refractivity contribution in [1.82, 2.24) is 0 Å². The smallest absolute Gasteiger partial charge is 0.311 e. The molecule has 9 atom stereocenters. The number of rotatable bonds is 8. The van der Waals surface area contributed by atoms with Crippen LogP contribution in [0.2, 0.25) is 0 Å². The Balaban J connectivity index is 1.91. The summed E-state index contributed by atoms with van der Waals surface area (Å²) in [6.45, 7) is 7.74. The molecular weight excluding hydrogens is 364 g/mol. The van der Waals surface area contributed by atoms with E-state index in [0.717, 1.165) is 6.42 Å². The maximum absolute atomic E-state index is 11.9. The van der Waals surface area contributed by atoms with Gasteiger partial charge in [-0.3, -0.25) is 9.59 Å². The molecule has 2 fully saturated rings. The molecule has 0 spiro atoms. The summed E-state index contributed by atoms with van der Waals surface area (Å²) in [5.74, 6) is -0.859. The molecule has 2 heterocycles. The Morgan fingerprint density at radius 3 is 2.39 bits per heavy atom. The molecule has 0 unspecified atom stereocenters. The second kappa shape index (κ2) is 10.0. The topological polar surface area (TPSA) is 91.3 Å². The lowest BCUT2D eigenvalue weighted by Crippen LogP contribution is -2.47. The molecule has 2 saturated heterocycles. The number of aliphatic hydroxyl groups excluding tert-OH is 1. The van der Waals surface area contributed by atoms with E-state index < -0.39 is 12.0 Å². The predicted molar refractivity (Wildman–Crippen MR) is 102 cm³/mol. The lowest BCUT2D eigenvalue weighted by molar-refractivity contribution is -0.178. The van der Waals surface area contributed by atoms with E-state index in [0.29, 0.717) is 12.8 Å². The lowest BCUT2D eigenvalue weighted by Gasteiger charge is -2.38. The number of aliphatic hydroxyl groups is 1. The van der Waals surface area contributed by atoms with E-state index in [1.165, 1.54) is 0 Å². The number of methoxy groups -OCH3 is 2. The Hall–Kier alpha value is -1.18. The van der Waals surface area contributed by atoms with Gasteiger partial charge in [-0.1, -0.05) is 20.8 Å². The van der Waals surface area contributed by atoms with Crippen LogP contribution in [-0.4, -0.2) is 61.8 Å². The molecule has 0 radical (unpaired) electrons. The van der Waals surface area contributed by atoms with Crippen molar-refractivity contribution in [3.8, 4) is 0 Å². The minimum Gasteiger partial charge on any atom is -0.462 e. The highest BCUT2D eigenvalue weighted by molar-refractivity contribution is 5.73. The molecule has 0 aromatic heterocycles. The van der Waals surface area contributed by atoms with Crippen LogP contribution in [0.3, 0.4) is 0 Å². The monoisotopic (exact) mass is 400 g/mol. The first-order chi connectivity index (χ1) is 13.2. The van der Waals surface area contributed by atoms with Crippen molar-refractivity contribution in [2.45, 2.75) is 83.9 Å². The Kier molecular flexibility index (Phi) is 8.28. The minimum absolute atomic E-state index is 0.0886. The van der Waals surface area contributed by atoms with Crippen molar-refractivity contribution in [2.24, 2.45) is 23.7 Å². The number of carbonyl (C=O) groups excluding carboxylic acids is 2. The summed E-state index contributed by atoms with van der Waals surface area (Å²) in [6.07, 6.45) is 0.906. The van der Waals surface area contributed by atoms with Crippen LogP contribution in [0.5, 0.6) is 0 Å². The summed E-state index contributed by atoms with van der Waals surface area (Å²) in [5, 5.41) is 10.2. The van der Waals surface area contributed by atoms with Crippen LogP contribution in [0.15, 0.2) is 0 Å². The van der Waals surface area contributed by atoms with E-state index in [-0.39, 0.29) is 60.5 Å². The highest BCUT2D eigenvalue weighted by Crippen LogP contribution is 2.33. The van der Waals surface area contributed by atoms with Crippen molar-refractivity contribution in [2.75, 3.05) is 14.2 Å². The summed E-state index contributed by atoms with van der Waals surface area (Å²) in [5.41, 5.74) is 0. The van der Waals surface area contributed by atoms with Crippen LogP contribution >= 0.6 is 0 Å². The first-order valence-corrected chi connectivity index (χ1v) is 10.3. The van der Waals surface area contributed by atoms with Crippen LogP contribution in [-0.2, 0) is 28.5 Å². The highest BCUT2D eigenvalue weighted by Gasteiger charge is 2.41. The minimum atomic E-state index is -0.673. The van der Waals surface area contributed by atoms with Crippen molar-refractivity contribution < 1.29 is 33.6 Å². The van der Waals surface area contributed by atoms with Crippen molar-refractivity contribution in [3.05, 3.63) is 0 Å². The molecule has 2 aliphatic heterocycles. The quantitative estimate of drug-likeness (QED) is 0.625. The number of hydrogen-bond donors (Lipinski definition) is 1. The van der Waals surface area contributed by atoms with Gasteiger partial charge in [0.2, 0.25) is 0 Å². The van der Waals surface area contributed by atoms with E-state index in [9.17, 15) is 14.7 Å². The molecule has 7 heteroatoms. The first kappa shape index (κ1) is 23.1. The average Bonchev–Trinajstić information content (AvgIpc) is 2.67. The molecule has 1 N–H and O–H groups in total. The standard InChI is InChI=1S/C21H36O7/c1-11(7-8-15-13(3)20(23)14(4)21(24)28-15)16(25-5)9-18-12(2)17(26-6)10-19(22)27-18/h11-18,20,23H,7-10H2,1-6H3/t11-,12+,13-,14-,15+,16-,17-,18-,20-/m0/s1.